The van der Waals surface area contributed by atoms with Crippen molar-refractivity contribution in [2.24, 2.45) is 5.92 Å². The highest BCUT2D eigenvalue weighted by Crippen LogP contribution is 2.40. The number of piperazine rings is 1. The van der Waals surface area contributed by atoms with Crippen molar-refractivity contribution in [3.8, 4) is 5.75 Å². The minimum absolute atomic E-state index is 0.00207. The number of nitrogens with zero attached hydrogens (tertiary/aromatic N) is 6. The van der Waals surface area contributed by atoms with Gasteiger partial charge in [-0.15, -0.1) is 0 Å². The summed E-state index contributed by atoms with van der Waals surface area (Å²) >= 11 is 0. The summed E-state index contributed by atoms with van der Waals surface area (Å²) in [4.78, 5) is 68.6. The number of nitrogens with one attached hydrogen (secondary N) is 2. The largest absolute Gasteiger partial charge is 0.494 e. The molecular weight excluding hydrogens is 757 g/mol. The van der Waals surface area contributed by atoms with Gasteiger partial charge >= 0.3 is 12.2 Å². The number of alkyl halides is 3. The van der Waals surface area contributed by atoms with Crippen molar-refractivity contribution >= 4 is 51.9 Å². The molecule has 6 aliphatic rings. The van der Waals surface area contributed by atoms with Gasteiger partial charge in [-0.2, -0.15) is 23.3 Å². The van der Waals surface area contributed by atoms with Crippen molar-refractivity contribution in [2.45, 2.75) is 69.2 Å². The molecule has 14 nitrogen and oxygen atoms in total. The van der Waals surface area contributed by atoms with Crippen LogP contribution < -0.4 is 20.3 Å². The lowest BCUT2D eigenvalue weighted by atomic mass is 9.83. The monoisotopic (exact) mass is 798 g/mol. The van der Waals surface area contributed by atoms with Crippen LogP contribution in [0.2, 0.25) is 0 Å². The number of hydrazine groups is 1. The number of carbonyl (C=O) groups is 5. The highest BCUT2D eigenvalue weighted by Gasteiger charge is 2.45. The molecule has 17 heteroatoms. The van der Waals surface area contributed by atoms with Crippen LogP contribution in [0.1, 0.15) is 87.6 Å². The van der Waals surface area contributed by atoms with Crippen molar-refractivity contribution in [3.63, 3.8) is 0 Å². The molecule has 3 aromatic carbocycles. The maximum Gasteiger partial charge on any atom is 0.416 e. The highest BCUT2D eigenvalue weighted by molar-refractivity contribution is 6.22. The Balaban J connectivity index is 0.811. The third-order valence-electron chi connectivity index (χ3n) is 12.3. The number of halogens is 3. The van der Waals surface area contributed by atoms with Crippen molar-refractivity contribution in [1.82, 2.24) is 30.0 Å². The van der Waals surface area contributed by atoms with Crippen molar-refractivity contribution in [1.29, 1.82) is 0 Å². The summed E-state index contributed by atoms with van der Waals surface area (Å²) in [5, 5.41) is 12.3. The quantitative estimate of drug-likeness (QED) is 0.209. The van der Waals surface area contributed by atoms with E-state index in [1.807, 2.05) is 16.9 Å². The first kappa shape index (κ1) is 37.6. The van der Waals surface area contributed by atoms with E-state index in [1.165, 1.54) is 19.2 Å². The second kappa shape index (κ2) is 14.4. The van der Waals surface area contributed by atoms with Crippen molar-refractivity contribution in [2.75, 3.05) is 43.5 Å². The molecule has 1 aliphatic carbocycles. The number of imide groups is 2. The normalized spacial score (nSPS) is 23.8. The summed E-state index contributed by atoms with van der Waals surface area (Å²) in [6, 6.07) is 13.1. The van der Waals surface area contributed by atoms with Crippen LogP contribution in [-0.4, -0.2) is 99.7 Å². The van der Waals surface area contributed by atoms with Crippen LogP contribution in [-0.2, 0) is 11.0 Å². The maximum absolute atomic E-state index is 13.4. The number of anilines is 2. The Morgan fingerprint density at radius 3 is 2.38 bits per heavy atom. The Bertz CT molecular complexity index is 2360. The number of amides is 6. The molecule has 1 aromatic heterocycles. The Morgan fingerprint density at radius 2 is 1.66 bits per heavy atom. The van der Waals surface area contributed by atoms with Gasteiger partial charge in [0, 0.05) is 67.0 Å². The fourth-order valence-electron chi connectivity index (χ4n) is 9.30. The van der Waals surface area contributed by atoms with E-state index in [2.05, 4.69) is 20.4 Å². The van der Waals surface area contributed by atoms with E-state index in [0.29, 0.717) is 28.9 Å². The minimum atomic E-state index is -4.57. The molecule has 6 amide bonds. The molecule has 0 spiro atoms. The zero-order valence-corrected chi connectivity index (χ0v) is 31.6. The predicted octanol–water partition coefficient (Wildman–Crippen LogP) is 5.85. The molecule has 58 heavy (non-hydrogen) atoms. The number of benzene rings is 3. The molecule has 0 radical (unpaired) electrons. The summed E-state index contributed by atoms with van der Waals surface area (Å²) in [5.74, 6) is -1.39. The molecular formula is C41H41F3N8O6. The predicted molar refractivity (Wildman–Crippen MR) is 204 cm³/mol. The van der Waals surface area contributed by atoms with Crippen LogP contribution in [0.15, 0.2) is 60.8 Å². The Hall–Kier alpha value is -5.97. The number of aromatic nitrogens is 2. The SMILES string of the molecule is COc1cc2nn(C3CCC(CN4CC5CC[C@@H]4CN5c4ccc5c(c4)C(=O)N(N4CCC(=O)NC4=O)C5=O)CC3)cc2cc1NC(=O)c1cccc(C(F)(F)F)c1. The van der Waals surface area contributed by atoms with Gasteiger partial charge in [-0.3, -0.25) is 34.1 Å². The number of methoxy groups -OCH3 is 1. The van der Waals surface area contributed by atoms with Gasteiger partial charge in [0.05, 0.1) is 47.6 Å². The lowest BCUT2D eigenvalue weighted by Gasteiger charge is -2.53. The summed E-state index contributed by atoms with van der Waals surface area (Å²) in [7, 11) is 1.46. The van der Waals surface area contributed by atoms with Gasteiger partial charge in [-0.1, -0.05) is 6.07 Å². The van der Waals surface area contributed by atoms with Gasteiger partial charge in [-0.05, 0) is 86.9 Å². The van der Waals surface area contributed by atoms with Crippen LogP contribution in [0, 0.1) is 5.92 Å². The van der Waals surface area contributed by atoms with Crippen LogP contribution in [0.25, 0.3) is 10.9 Å². The van der Waals surface area contributed by atoms with Crippen molar-refractivity contribution < 1.29 is 41.9 Å². The van der Waals surface area contributed by atoms with Gasteiger partial charge in [0.25, 0.3) is 17.7 Å². The summed E-state index contributed by atoms with van der Waals surface area (Å²) in [5.41, 5.74) is 1.39. The van der Waals surface area contributed by atoms with Gasteiger partial charge < -0.3 is 15.0 Å². The molecule has 2 bridgehead atoms. The second-order valence-electron chi connectivity index (χ2n) is 15.8. The molecule has 4 saturated heterocycles. The fraction of sp³-hybridized carbons (Fsp3) is 0.415. The molecule has 6 heterocycles. The average molecular weight is 799 g/mol. The number of fused-ring (bicyclic) bond motifs is 5. The maximum atomic E-state index is 13.4. The average Bonchev–Trinajstić information content (AvgIpc) is 3.74. The summed E-state index contributed by atoms with van der Waals surface area (Å²) in [6.45, 7) is 2.67. The van der Waals surface area contributed by atoms with Gasteiger partial charge in [-0.25, -0.2) is 9.80 Å². The number of hydrogen-bond donors (Lipinski definition) is 2. The Labute approximate surface area is 330 Å². The van der Waals surface area contributed by atoms with E-state index in [0.717, 1.165) is 91.4 Å². The van der Waals surface area contributed by atoms with E-state index >= 15 is 0 Å². The number of piperidine rings is 2. The molecule has 2 N–H and O–H groups in total. The van der Waals surface area contributed by atoms with E-state index < -0.39 is 41.4 Å². The van der Waals surface area contributed by atoms with Crippen molar-refractivity contribution in [3.05, 3.63) is 83.0 Å². The van der Waals surface area contributed by atoms with E-state index in [9.17, 15) is 37.1 Å². The minimum Gasteiger partial charge on any atom is -0.494 e. The zero-order valence-electron chi connectivity index (χ0n) is 31.6. The highest BCUT2D eigenvalue weighted by atomic mass is 19.4. The molecule has 302 valence electrons. The molecule has 1 unspecified atom stereocenters. The van der Waals surface area contributed by atoms with Crippen LogP contribution in [0.4, 0.5) is 29.3 Å². The van der Waals surface area contributed by atoms with E-state index in [1.54, 1.807) is 24.3 Å². The third kappa shape index (κ3) is 6.80. The van der Waals surface area contributed by atoms with Crippen LogP contribution in [0.5, 0.6) is 5.75 Å². The van der Waals surface area contributed by atoms with Crippen LogP contribution in [0.3, 0.4) is 0 Å². The third-order valence-corrected chi connectivity index (χ3v) is 12.3. The summed E-state index contributed by atoms with van der Waals surface area (Å²) in [6.07, 6.45) is 3.49. The van der Waals surface area contributed by atoms with Gasteiger partial charge in [0.15, 0.2) is 0 Å². The fourth-order valence-corrected chi connectivity index (χ4v) is 9.30. The Kier molecular flexibility index (Phi) is 9.36. The molecule has 10 rings (SSSR count). The van der Waals surface area contributed by atoms with E-state index in [-0.39, 0.29) is 41.7 Å². The molecule has 4 aromatic rings. The first-order valence-corrected chi connectivity index (χ1v) is 19.5. The number of rotatable bonds is 8. The number of urea groups is 1. The second-order valence-corrected chi connectivity index (χ2v) is 15.8. The topological polar surface area (TPSA) is 149 Å². The lowest BCUT2D eigenvalue weighted by molar-refractivity contribution is -0.137. The first-order chi connectivity index (χ1) is 27.8. The lowest BCUT2D eigenvalue weighted by Crippen LogP contribution is -2.63. The molecule has 5 fully saturated rings. The number of carbonyl (C=O) groups excluding carboxylic acids is 5. The number of hydrogen-bond acceptors (Lipinski definition) is 9. The standard InChI is InChI=1S/C41H41F3N8O6/c1-58-35-18-33-25(16-34(35)45-37(54)24-3-2-4-26(15-24)41(42,43)44)20-50(47-33)27-7-5-23(6-8-27)19-48-21-30-10-9-29(48)22-49(30)28-11-12-31-32(17-28)39(56)52(38(31)55)51-14-13-36(53)46-40(51)57/h2-4,11-12,15-18,20,23,27,29-30H,5-10,13-14,19,21-22H2,1H3,(H,45,54)(H,46,53,57)/t23?,27?,29-,30?/m1/s1. The van der Waals surface area contributed by atoms with Gasteiger partial charge in [0.2, 0.25) is 5.91 Å². The smallest absolute Gasteiger partial charge is 0.416 e. The van der Waals surface area contributed by atoms with Gasteiger partial charge in [0.1, 0.15) is 5.75 Å². The first-order valence-electron chi connectivity index (χ1n) is 19.5. The van der Waals surface area contributed by atoms with Crippen LogP contribution >= 0.6 is 0 Å². The summed E-state index contributed by atoms with van der Waals surface area (Å²) < 4.78 is 47.2. The Morgan fingerprint density at radius 1 is 0.897 bits per heavy atom. The molecule has 1 saturated carbocycles. The molecule has 5 aliphatic heterocycles. The van der Waals surface area contributed by atoms with E-state index in [4.69, 9.17) is 9.84 Å². The number of ether oxygens (including phenoxy) is 1. The zero-order chi connectivity index (χ0) is 40.5. The molecule has 2 atom stereocenters.